The summed E-state index contributed by atoms with van der Waals surface area (Å²) < 4.78 is 0.858. The van der Waals surface area contributed by atoms with Gasteiger partial charge in [-0.1, -0.05) is 46.3 Å². The van der Waals surface area contributed by atoms with Gasteiger partial charge in [0, 0.05) is 15.7 Å². The summed E-state index contributed by atoms with van der Waals surface area (Å²) in [5.41, 5.74) is 2.36. The van der Waals surface area contributed by atoms with Gasteiger partial charge in [0.25, 0.3) is 0 Å². The fourth-order valence-corrected chi connectivity index (χ4v) is 3.02. The lowest BCUT2D eigenvalue weighted by molar-refractivity contribution is -0.306. The summed E-state index contributed by atoms with van der Waals surface area (Å²) in [6.45, 7) is -0.475. The van der Waals surface area contributed by atoms with Gasteiger partial charge >= 0.3 is 6.03 Å². The summed E-state index contributed by atoms with van der Waals surface area (Å²) >= 11 is 3.42. The molecule has 6 heteroatoms. The van der Waals surface area contributed by atoms with E-state index in [1.165, 1.54) is 4.90 Å². The zero-order chi connectivity index (χ0) is 15.7. The van der Waals surface area contributed by atoms with E-state index in [0.29, 0.717) is 5.69 Å². The van der Waals surface area contributed by atoms with Crippen LogP contribution in [0.2, 0.25) is 0 Å². The van der Waals surface area contributed by atoms with E-state index in [9.17, 15) is 14.7 Å². The number of rotatable bonds is 3. The molecule has 2 amide bonds. The quantitative estimate of drug-likeness (QED) is 0.912. The largest absolute Gasteiger partial charge is 0.548 e. The van der Waals surface area contributed by atoms with Gasteiger partial charge < -0.3 is 20.1 Å². The van der Waals surface area contributed by atoms with Gasteiger partial charge in [-0.2, -0.15) is 0 Å². The summed E-state index contributed by atoms with van der Waals surface area (Å²) in [4.78, 5) is 24.6. The number of amides is 2. The van der Waals surface area contributed by atoms with Crippen molar-refractivity contribution in [2.45, 2.75) is 6.04 Å². The van der Waals surface area contributed by atoms with E-state index in [0.717, 1.165) is 15.6 Å². The Labute approximate surface area is 135 Å². The summed E-state index contributed by atoms with van der Waals surface area (Å²) in [7, 11) is 0. The first-order chi connectivity index (χ1) is 10.6. The van der Waals surface area contributed by atoms with E-state index >= 15 is 0 Å². The number of carboxylic acids is 1. The predicted molar refractivity (Wildman–Crippen MR) is 83.2 cm³/mol. The van der Waals surface area contributed by atoms with Crippen molar-refractivity contribution < 1.29 is 14.7 Å². The Balaban J connectivity index is 2.15. The average molecular weight is 360 g/mol. The monoisotopic (exact) mass is 359 g/mol. The van der Waals surface area contributed by atoms with Crippen LogP contribution in [0.25, 0.3) is 0 Å². The molecule has 2 aromatic carbocycles. The molecule has 5 nitrogen and oxygen atoms in total. The van der Waals surface area contributed by atoms with Crippen molar-refractivity contribution in [2.24, 2.45) is 0 Å². The van der Waals surface area contributed by atoms with Gasteiger partial charge in [-0.15, -0.1) is 0 Å². The highest BCUT2D eigenvalue weighted by atomic mass is 79.9. The van der Waals surface area contributed by atoms with Crippen LogP contribution in [0, 0.1) is 0 Å². The Hall–Kier alpha value is -2.34. The van der Waals surface area contributed by atoms with Gasteiger partial charge in [0.2, 0.25) is 0 Å². The fraction of sp³-hybridized carbons (Fsp3) is 0.125. The van der Waals surface area contributed by atoms with E-state index in [1.807, 2.05) is 42.5 Å². The minimum atomic E-state index is -1.30. The number of fused-ring (bicyclic) bond motifs is 1. The summed E-state index contributed by atoms with van der Waals surface area (Å²) in [5, 5.41) is 13.7. The number of nitrogens with one attached hydrogen (secondary N) is 1. The van der Waals surface area contributed by atoms with Gasteiger partial charge in [0.15, 0.2) is 0 Å². The first-order valence-electron chi connectivity index (χ1n) is 6.68. The van der Waals surface area contributed by atoms with Gasteiger partial charge in [-0.05, 0) is 23.8 Å². The van der Waals surface area contributed by atoms with E-state index in [-0.39, 0.29) is 0 Å². The molecule has 1 N–H and O–H groups in total. The molecule has 0 aromatic heterocycles. The van der Waals surface area contributed by atoms with Crippen LogP contribution in [-0.4, -0.2) is 23.4 Å². The number of nitrogens with zero attached hydrogens (tertiary/aromatic N) is 1. The normalized spacial score (nSPS) is 16.9. The topological polar surface area (TPSA) is 72.5 Å². The molecule has 1 aliphatic heterocycles. The number of anilines is 1. The lowest BCUT2D eigenvalue weighted by Crippen LogP contribution is -2.48. The Morgan fingerprint density at radius 3 is 2.64 bits per heavy atom. The van der Waals surface area contributed by atoms with E-state index in [1.54, 1.807) is 6.07 Å². The lowest BCUT2D eigenvalue weighted by atomic mass is 9.94. The number of hydrogen-bond acceptors (Lipinski definition) is 3. The number of halogens is 1. The second-order valence-corrected chi connectivity index (χ2v) is 5.89. The van der Waals surface area contributed by atoms with Gasteiger partial charge in [-0.25, -0.2) is 4.79 Å². The van der Waals surface area contributed by atoms with Crippen LogP contribution in [0.4, 0.5) is 10.5 Å². The Morgan fingerprint density at radius 2 is 1.95 bits per heavy atom. The highest BCUT2D eigenvalue weighted by molar-refractivity contribution is 9.10. The molecular weight excluding hydrogens is 348 g/mol. The van der Waals surface area contributed by atoms with E-state index in [2.05, 4.69) is 21.2 Å². The molecule has 0 unspecified atom stereocenters. The lowest BCUT2D eigenvalue weighted by Gasteiger charge is -2.38. The molecule has 0 fully saturated rings. The maximum atomic E-state index is 12.3. The number of urea groups is 1. The highest BCUT2D eigenvalue weighted by Gasteiger charge is 2.33. The minimum absolute atomic E-state index is 0.451. The molecule has 1 atom stereocenters. The van der Waals surface area contributed by atoms with Crippen molar-refractivity contribution in [3.05, 3.63) is 64.1 Å². The summed E-state index contributed by atoms with van der Waals surface area (Å²) in [6, 6.07) is 13.9. The number of carbonyl (C=O) groups excluding carboxylic acids is 2. The molecule has 3 rings (SSSR count). The fourth-order valence-electron chi connectivity index (χ4n) is 2.64. The summed E-state index contributed by atoms with van der Waals surface area (Å²) in [5.74, 6) is -1.30. The highest BCUT2D eigenvalue weighted by Crippen LogP contribution is 2.38. The van der Waals surface area contributed by atoms with Crippen LogP contribution in [0.3, 0.4) is 0 Å². The second-order valence-electron chi connectivity index (χ2n) is 4.97. The van der Waals surface area contributed by atoms with Crippen LogP contribution < -0.4 is 10.4 Å². The Bertz CT molecular complexity index is 733. The smallest absolute Gasteiger partial charge is 0.322 e. The van der Waals surface area contributed by atoms with Crippen LogP contribution >= 0.6 is 15.9 Å². The number of carbonyl (C=O) groups is 2. The van der Waals surface area contributed by atoms with Crippen LogP contribution in [0.15, 0.2) is 53.0 Å². The van der Waals surface area contributed by atoms with Crippen molar-refractivity contribution >= 4 is 33.6 Å². The molecular formula is C16H12BrN2O3-. The van der Waals surface area contributed by atoms with Crippen LogP contribution in [0.1, 0.15) is 17.2 Å². The standard InChI is InChI=1S/C16H13BrN2O3/c17-11-6-7-13-12(8-11)15(10-4-2-1-3-5-10)19(9-14(20)21)16(22)18-13/h1-8,15H,9H2,(H,18,22)(H,20,21)/p-1/t15-/m1/s1. The first-order valence-corrected chi connectivity index (χ1v) is 7.47. The number of hydrogen-bond donors (Lipinski definition) is 1. The number of benzene rings is 2. The molecule has 0 spiro atoms. The molecule has 0 radical (unpaired) electrons. The van der Waals surface area contributed by atoms with Gasteiger partial charge in [0.05, 0.1) is 18.6 Å². The molecule has 22 heavy (non-hydrogen) atoms. The SMILES string of the molecule is O=C([O-])CN1C(=O)Nc2ccc(Br)cc2[C@H]1c1ccccc1. The molecule has 0 bridgehead atoms. The van der Waals surface area contributed by atoms with Crippen LogP contribution in [0.5, 0.6) is 0 Å². The van der Waals surface area contributed by atoms with Crippen molar-refractivity contribution in [2.75, 3.05) is 11.9 Å². The molecule has 112 valence electrons. The number of aliphatic carboxylic acids is 1. The van der Waals surface area contributed by atoms with Crippen molar-refractivity contribution in [3.63, 3.8) is 0 Å². The third-order valence-electron chi connectivity index (χ3n) is 3.54. The predicted octanol–water partition coefficient (Wildman–Crippen LogP) is 2.14. The molecule has 0 aliphatic carbocycles. The second kappa shape index (κ2) is 5.81. The van der Waals surface area contributed by atoms with E-state index < -0.39 is 24.6 Å². The first kappa shape index (κ1) is 14.6. The molecule has 0 saturated carbocycles. The molecule has 1 heterocycles. The summed E-state index contributed by atoms with van der Waals surface area (Å²) in [6.07, 6.45) is 0. The Morgan fingerprint density at radius 1 is 1.23 bits per heavy atom. The zero-order valence-electron chi connectivity index (χ0n) is 11.5. The van der Waals surface area contributed by atoms with Crippen LogP contribution in [-0.2, 0) is 4.79 Å². The zero-order valence-corrected chi connectivity index (χ0v) is 13.0. The van der Waals surface area contributed by atoms with Crippen molar-refractivity contribution in [1.29, 1.82) is 0 Å². The van der Waals surface area contributed by atoms with Gasteiger partial charge in [-0.3, -0.25) is 0 Å². The minimum Gasteiger partial charge on any atom is -0.548 e. The third kappa shape index (κ3) is 2.69. The molecule has 0 saturated heterocycles. The molecule has 1 aliphatic rings. The maximum absolute atomic E-state index is 12.3. The van der Waals surface area contributed by atoms with Crippen molar-refractivity contribution in [1.82, 2.24) is 4.90 Å². The Kier molecular flexibility index (Phi) is 3.85. The average Bonchev–Trinajstić information content (AvgIpc) is 2.49. The number of carboxylic acid groups (broad SMARTS) is 1. The van der Waals surface area contributed by atoms with Crippen molar-refractivity contribution in [3.8, 4) is 0 Å². The molecule has 2 aromatic rings. The third-order valence-corrected chi connectivity index (χ3v) is 4.03. The maximum Gasteiger partial charge on any atom is 0.322 e. The van der Waals surface area contributed by atoms with Gasteiger partial charge in [0.1, 0.15) is 0 Å². The van der Waals surface area contributed by atoms with E-state index in [4.69, 9.17) is 0 Å².